The van der Waals surface area contributed by atoms with Crippen molar-refractivity contribution in [3.63, 3.8) is 0 Å². The Morgan fingerprint density at radius 1 is 1.53 bits per heavy atom. The number of nitrogens with zero attached hydrogens (tertiary/aromatic N) is 4. The number of imidazole rings is 1. The summed E-state index contributed by atoms with van der Waals surface area (Å²) in [5.41, 5.74) is 3.47. The second-order valence-corrected chi connectivity index (χ2v) is 3.56. The van der Waals surface area contributed by atoms with Crippen molar-refractivity contribution in [1.82, 2.24) is 14.2 Å². The number of aromatic nitrogens is 3. The van der Waals surface area contributed by atoms with Crippen LogP contribution in [0, 0.1) is 16.7 Å². The molecule has 0 radical (unpaired) electrons. The van der Waals surface area contributed by atoms with E-state index in [1.54, 1.807) is 29.4 Å². The van der Waals surface area contributed by atoms with Crippen LogP contribution in [0.25, 0.3) is 0 Å². The van der Waals surface area contributed by atoms with Gasteiger partial charge in [0.2, 0.25) is 0 Å². The number of rotatable bonds is 1. The highest BCUT2D eigenvalue weighted by molar-refractivity contribution is 7.80. The van der Waals surface area contributed by atoms with Crippen LogP contribution in [0.4, 0.5) is 0 Å². The van der Waals surface area contributed by atoms with Gasteiger partial charge >= 0.3 is 0 Å². The maximum Gasteiger partial charge on any atom is 0.197 e. The quantitative estimate of drug-likeness (QED) is 0.712. The van der Waals surface area contributed by atoms with Gasteiger partial charge in [0.1, 0.15) is 17.9 Å². The van der Waals surface area contributed by atoms with Gasteiger partial charge in [-0.25, -0.2) is 9.66 Å². The van der Waals surface area contributed by atoms with Gasteiger partial charge in [0, 0.05) is 18.6 Å². The van der Waals surface area contributed by atoms with Gasteiger partial charge in [-0.15, -0.1) is 0 Å². The van der Waals surface area contributed by atoms with Crippen LogP contribution in [-0.4, -0.2) is 19.3 Å². The van der Waals surface area contributed by atoms with Crippen LogP contribution in [0.1, 0.15) is 5.56 Å². The maximum absolute atomic E-state index is 8.77. The Balaban J connectivity index is 2.28. The van der Waals surface area contributed by atoms with E-state index >= 15 is 0 Å². The summed E-state index contributed by atoms with van der Waals surface area (Å²) in [5.74, 6) is 0. The largest absolute Gasteiger partial charge is 0.283 e. The Morgan fingerprint density at radius 2 is 2.35 bits per heavy atom. The van der Waals surface area contributed by atoms with Crippen molar-refractivity contribution in [3.05, 3.63) is 48.1 Å². The molecule has 2 N–H and O–H groups in total. The highest BCUT2D eigenvalue weighted by atomic mass is 32.1. The number of nitrogens with one attached hydrogen (secondary N) is 2. The van der Waals surface area contributed by atoms with Gasteiger partial charge in [-0.1, -0.05) is 0 Å². The molecule has 0 fully saturated rings. The fraction of sp³-hybridized carbons (Fsp3) is 0. The smallest absolute Gasteiger partial charge is 0.197 e. The minimum absolute atomic E-state index is 0.200. The molecule has 6 nitrogen and oxygen atoms in total. The molecule has 17 heavy (non-hydrogen) atoms. The fourth-order valence-electron chi connectivity index (χ4n) is 1.20. The monoisotopic (exact) mass is 244 g/mol. The van der Waals surface area contributed by atoms with Crippen molar-refractivity contribution >= 4 is 17.3 Å². The third-order valence-corrected chi connectivity index (χ3v) is 2.33. The Kier molecular flexibility index (Phi) is 2.98. The molecule has 2 aromatic rings. The van der Waals surface area contributed by atoms with Crippen LogP contribution in [-0.2, 0) is 0 Å². The van der Waals surface area contributed by atoms with E-state index in [1.165, 1.54) is 16.9 Å². The zero-order valence-electron chi connectivity index (χ0n) is 8.66. The van der Waals surface area contributed by atoms with Crippen LogP contribution < -0.4 is 10.9 Å². The molecule has 84 valence electrons. The molecule has 0 bridgehead atoms. The molecule has 0 atom stereocenters. The van der Waals surface area contributed by atoms with Crippen molar-refractivity contribution in [2.24, 2.45) is 0 Å². The predicted octanol–water partition coefficient (Wildman–Crippen LogP) is 0.412. The number of thiocarbonyl (C=S) groups is 1. The topological polar surface area (TPSA) is 82.4 Å². The SMILES string of the molecule is N#Cc1ccc(=N)n(NC(=S)n2ccnc2)c1. The van der Waals surface area contributed by atoms with E-state index in [0.29, 0.717) is 10.7 Å². The number of nitriles is 1. The third-order valence-electron chi connectivity index (χ3n) is 2.03. The highest BCUT2D eigenvalue weighted by Gasteiger charge is 2.00. The minimum atomic E-state index is 0.200. The Morgan fingerprint density at radius 3 is 3.00 bits per heavy atom. The lowest BCUT2D eigenvalue weighted by molar-refractivity contribution is 0.851. The maximum atomic E-state index is 8.77. The normalized spacial score (nSPS) is 9.59. The minimum Gasteiger partial charge on any atom is -0.283 e. The predicted molar refractivity (Wildman–Crippen MR) is 64.6 cm³/mol. The van der Waals surface area contributed by atoms with E-state index in [4.69, 9.17) is 22.9 Å². The van der Waals surface area contributed by atoms with Crippen LogP contribution in [0.15, 0.2) is 37.1 Å². The molecular weight excluding hydrogens is 236 g/mol. The van der Waals surface area contributed by atoms with E-state index in [0.717, 1.165) is 0 Å². The van der Waals surface area contributed by atoms with Crippen molar-refractivity contribution in [2.45, 2.75) is 0 Å². The number of hydrogen-bond acceptors (Lipinski definition) is 4. The van der Waals surface area contributed by atoms with Crippen molar-refractivity contribution < 1.29 is 0 Å². The first-order valence-corrected chi connectivity index (χ1v) is 5.08. The van der Waals surface area contributed by atoms with Gasteiger partial charge in [0.15, 0.2) is 5.11 Å². The lowest BCUT2D eigenvalue weighted by Gasteiger charge is -2.11. The van der Waals surface area contributed by atoms with E-state index in [1.807, 2.05) is 6.07 Å². The summed E-state index contributed by atoms with van der Waals surface area (Å²) in [6.45, 7) is 0. The average molecular weight is 244 g/mol. The van der Waals surface area contributed by atoms with E-state index in [-0.39, 0.29) is 5.49 Å². The molecule has 0 saturated carbocycles. The molecule has 0 aliphatic carbocycles. The van der Waals surface area contributed by atoms with Gasteiger partial charge in [-0.3, -0.25) is 15.4 Å². The first-order valence-electron chi connectivity index (χ1n) is 4.67. The van der Waals surface area contributed by atoms with Gasteiger partial charge in [0.05, 0.1) is 5.56 Å². The number of hydrogen-bond donors (Lipinski definition) is 2. The molecule has 0 saturated heterocycles. The van der Waals surface area contributed by atoms with Crippen molar-refractivity contribution in [1.29, 1.82) is 10.7 Å². The number of pyridine rings is 1. The molecule has 7 heteroatoms. The van der Waals surface area contributed by atoms with Crippen LogP contribution >= 0.6 is 12.2 Å². The molecule has 0 aliphatic rings. The molecule has 0 amide bonds. The zero-order valence-corrected chi connectivity index (χ0v) is 9.48. The van der Waals surface area contributed by atoms with Gasteiger partial charge in [0.25, 0.3) is 0 Å². The van der Waals surface area contributed by atoms with E-state index < -0.39 is 0 Å². The summed E-state index contributed by atoms with van der Waals surface area (Å²) in [6.07, 6.45) is 6.35. The molecule has 0 unspecified atom stereocenters. The molecule has 2 heterocycles. The van der Waals surface area contributed by atoms with Gasteiger partial charge in [-0.2, -0.15) is 5.26 Å². The van der Waals surface area contributed by atoms with Crippen molar-refractivity contribution in [3.8, 4) is 6.07 Å². The summed E-state index contributed by atoms with van der Waals surface area (Å²) < 4.78 is 2.97. The molecule has 0 aliphatic heterocycles. The standard InChI is InChI=1S/C10H8N6S/c11-5-8-1-2-9(12)16(6-8)14-10(17)15-4-3-13-7-15/h1-4,6-7,12H,(H,14,17). The lowest BCUT2D eigenvalue weighted by atomic mass is 10.3. The van der Waals surface area contributed by atoms with Gasteiger partial charge < -0.3 is 0 Å². The van der Waals surface area contributed by atoms with Crippen molar-refractivity contribution in [2.75, 3.05) is 5.43 Å². The molecule has 2 aromatic heterocycles. The third kappa shape index (κ3) is 2.38. The molecule has 0 spiro atoms. The Hall–Kier alpha value is -2.46. The Labute approximate surface area is 102 Å². The van der Waals surface area contributed by atoms with E-state index in [9.17, 15) is 0 Å². The van der Waals surface area contributed by atoms with Crippen LogP contribution in [0.3, 0.4) is 0 Å². The summed E-state index contributed by atoms with van der Waals surface area (Å²) >= 11 is 5.12. The van der Waals surface area contributed by atoms with Crippen LogP contribution in [0.2, 0.25) is 0 Å². The Bertz CT molecular complexity index is 634. The second-order valence-electron chi connectivity index (χ2n) is 3.17. The average Bonchev–Trinajstić information content (AvgIpc) is 2.85. The molecular formula is C10H8N6S. The highest BCUT2D eigenvalue weighted by Crippen LogP contribution is 1.92. The summed E-state index contributed by atoms with van der Waals surface area (Å²) in [4.78, 5) is 3.87. The fourth-order valence-corrected chi connectivity index (χ4v) is 1.41. The first-order chi connectivity index (χ1) is 8.20. The zero-order chi connectivity index (χ0) is 12.3. The van der Waals surface area contributed by atoms with Gasteiger partial charge in [-0.05, 0) is 24.4 Å². The molecule has 2 rings (SSSR count). The van der Waals surface area contributed by atoms with Crippen LogP contribution in [0.5, 0.6) is 0 Å². The lowest BCUT2D eigenvalue weighted by Crippen LogP contribution is -2.34. The summed E-state index contributed by atoms with van der Waals surface area (Å²) in [5, 5.41) is 16.8. The van der Waals surface area contributed by atoms with E-state index in [2.05, 4.69) is 10.4 Å². The summed E-state index contributed by atoms with van der Waals surface area (Å²) in [7, 11) is 0. The summed E-state index contributed by atoms with van der Waals surface area (Å²) in [6, 6.07) is 5.08. The molecule has 0 aromatic carbocycles. The second kappa shape index (κ2) is 4.59. The first kappa shape index (κ1) is 11.0.